The summed E-state index contributed by atoms with van der Waals surface area (Å²) in [7, 11) is 6.24. The van der Waals surface area contributed by atoms with E-state index < -0.39 is 6.10 Å². The standard InChI is InChI=1S/C14H25N3O/c1-5-14(18)13-8-7-12(11-15-13)17(4)10-6-9-16(2)3/h7-8,11,14,18H,5-6,9-10H2,1-4H3. The number of hydrogen-bond donors (Lipinski definition) is 1. The van der Waals surface area contributed by atoms with Crippen LogP contribution in [0.1, 0.15) is 31.6 Å². The molecule has 0 saturated carbocycles. The van der Waals surface area contributed by atoms with Crippen molar-refractivity contribution < 1.29 is 5.11 Å². The summed E-state index contributed by atoms with van der Waals surface area (Å²) in [5, 5.41) is 9.68. The second-order valence-corrected chi connectivity index (χ2v) is 4.94. The molecule has 102 valence electrons. The lowest BCUT2D eigenvalue weighted by atomic mass is 10.2. The van der Waals surface area contributed by atoms with Gasteiger partial charge in [-0.3, -0.25) is 4.98 Å². The van der Waals surface area contributed by atoms with Crippen molar-refractivity contribution in [3.63, 3.8) is 0 Å². The number of hydrogen-bond acceptors (Lipinski definition) is 4. The first kappa shape index (κ1) is 14.9. The Balaban J connectivity index is 2.51. The molecule has 0 aliphatic carbocycles. The molecule has 1 aromatic heterocycles. The molecule has 0 aromatic carbocycles. The summed E-state index contributed by atoms with van der Waals surface area (Å²) >= 11 is 0. The lowest BCUT2D eigenvalue weighted by molar-refractivity contribution is 0.169. The first-order chi connectivity index (χ1) is 8.54. The van der Waals surface area contributed by atoms with Crippen LogP contribution in [0.3, 0.4) is 0 Å². The van der Waals surface area contributed by atoms with Crippen LogP contribution in [0, 0.1) is 0 Å². The maximum atomic E-state index is 9.68. The molecule has 0 saturated heterocycles. The molecule has 0 radical (unpaired) electrons. The van der Waals surface area contributed by atoms with Crippen LogP contribution in [0.2, 0.25) is 0 Å². The highest BCUT2D eigenvalue weighted by Gasteiger charge is 2.07. The van der Waals surface area contributed by atoms with Crippen molar-refractivity contribution in [1.29, 1.82) is 0 Å². The third-order valence-electron chi connectivity index (χ3n) is 3.04. The van der Waals surface area contributed by atoms with Gasteiger partial charge >= 0.3 is 0 Å². The van der Waals surface area contributed by atoms with Crippen molar-refractivity contribution in [2.75, 3.05) is 39.1 Å². The Hall–Kier alpha value is -1.13. The Morgan fingerprint density at radius 3 is 2.44 bits per heavy atom. The van der Waals surface area contributed by atoms with E-state index in [1.165, 1.54) is 0 Å². The summed E-state index contributed by atoms with van der Waals surface area (Å²) in [5.74, 6) is 0. The minimum Gasteiger partial charge on any atom is -0.387 e. The molecule has 0 spiro atoms. The van der Waals surface area contributed by atoms with Crippen LogP contribution in [-0.4, -0.2) is 49.2 Å². The van der Waals surface area contributed by atoms with E-state index in [0.717, 1.165) is 30.9 Å². The lowest BCUT2D eigenvalue weighted by Gasteiger charge is -2.20. The van der Waals surface area contributed by atoms with Crippen molar-refractivity contribution >= 4 is 5.69 Å². The molecular formula is C14H25N3O. The van der Waals surface area contributed by atoms with Gasteiger partial charge in [0.1, 0.15) is 0 Å². The van der Waals surface area contributed by atoms with Crippen molar-refractivity contribution in [2.45, 2.75) is 25.9 Å². The van der Waals surface area contributed by atoms with Crippen molar-refractivity contribution in [3.8, 4) is 0 Å². The number of pyridine rings is 1. The number of anilines is 1. The third kappa shape index (κ3) is 4.63. The first-order valence-electron chi connectivity index (χ1n) is 6.54. The average molecular weight is 251 g/mol. The summed E-state index contributed by atoms with van der Waals surface area (Å²) in [5.41, 5.74) is 1.85. The van der Waals surface area contributed by atoms with Gasteiger partial charge in [-0.05, 0) is 45.6 Å². The fraction of sp³-hybridized carbons (Fsp3) is 0.643. The minimum atomic E-state index is -0.446. The van der Waals surface area contributed by atoms with Crippen LogP contribution in [0.15, 0.2) is 18.3 Å². The zero-order valence-corrected chi connectivity index (χ0v) is 11.9. The molecule has 1 unspecified atom stereocenters. The van der Waals surface area contributed by atoms with Crippen LogP contribution >= 0.6 is 0 Å². The van der Waals surface area contributed by atoms with Gasteiger partial charge in [0.05, 0.1) is 23.7 Å². The molecule has 1 aromatic rings. The predicted molar refractivity (Wildman–Crippen MR) is 75.9 cm³/mol. The van der Waals surface area contributed by atoms with Gasteiger partial charge in [-0.15, -0.1) is 0 Å². The molecule has 1 N–H and O–H groups in total. The van der Waals surface area contributed by atoms with Crippen molar-refractivity contribution in [3.05, 3.63) is 24.0 Å². The van der Waals surface area contributed by atoms with E-state index in [9.17, 15) is 5.11 Å². The van der Waals surface area contributed by atoms with E-state index in [-0.39, 0.29) is 0 Å². The molecular weight excluding hydrogens is 226 g/mol. The Labute approximate surface area is 110 Å². The summed E-state index contributed by atoms with van der Waals surface area (Å²) in [6.07, 6.45) is 3.22. The number of aliphatic hydroxyl groups is 1. The summed E-state index contributed by atoms with van der Waals surface area (Å²) < 4.78 is 0. The van der Waals surface area contributed by atoms with Crippen molar-refractivity contribution in [2.24, 2.45) is 0 Å². The van der Waals surface area contributed by atoms with Gasteiger partial charge in [0.2, 0.25) is 0 Å². The highest BCUT2D eigenvalue weighted by atomic mass is 16.3. The summed E-state index contributed by atoms with van der Waals surface area (Å²) in [4.78, 5) is 8.69. The summed E-state index contributed by atoms with van der Waals surface area (Å²) in [6, 6.07) is 3.93. The van der Waals surface area contributed by atoms with Crippen LogP contribution in [0.5, 0.6) is 0 Å². The van der Waals surface area contributed by atoms with Crippen LogP contribution in [-0.2, 0) is 0 Å². The van der Waals surface area contributed by atoms with Gasteiger partial charge in [-0.25, -0.2) is 0 Å². The third-order valence-corrected chi connectivity index (χ3v) is 3.04. The molecule has 0 aliphatic rings. The van der Waals surface area contributed by atoms with Gasteiger partial charge in [-0.1, -0.05) is 6.92 Å². The lowest BCUT2D eigenvalue weighted by Crippen LogP contribution is -2.23. The zero-order valence-electron chi connectivity index (χ0n) is 11.9. The molecule has 0 fully saturated rings. The van der Waals surface area contributed by atoms with Crippen LogP contribution in [0.25, 0.3) is 0 Å². The van der Waals surface area contributed by atoms with Gasteiger partial charge in [0.25, 0.3) is 0 Å². The quantitative estimate of drug-likeness (QED) is 0.803. The minimum absolute atomic E-state index is 0.446. The van der Waals surface area contributed by atoms with Crippen LogP contribution in [0.4, 0.5) is 5.69 Å². The largest absolute Gasteiger partial charge is 0.387 e. The molecule has 4 heteroatoms. The maximum Gasteiger partial charge on any atom is 0.0957 e. The number of rotatable bonds is 7. The molecule has 0 bridgehead atoms. The maximum absolute atomic E-state index is 9.68. The second kappa shape index (κ2) is 7.34. The second-order valence-electron chi connectivity index (χ2n) is 4.94. The molecule has 4 nitrogen and oxygen atoms in total. The fourth-order valence-corrected chi connectivity index (χ4v) is 1.78. The number of nitrogens with zero attached hydrogens (tertiary/aromatic N) is 3. The van der Waals surface area contributed by atoms with Crippen LogP contribution < -0.4 is 4.90 Å². The van der Waals surface area contributed by atoms with E-state index in [2.05, 4.69) is 35.9 Å². The number of aromatic nitrogens is 1. The smallest absolute Gasteiger partial charge is 0.0957 e. The van der Waals surface area contributed by atoms with Gasteiger partial charge in [0, 0.05) is 13.6 Å². The zero-order chi connectivity index (χ0) is 13.5. The molecule has 0 amide bonds. The average Bonchev–Trinajstić information content (AvgIpc) is 2.37. The van der Waals surface area contributed by atoms with Gasteiger partial charge < -0.3 is 14.9 Å². The topological polar surface area (TPSA) is 39.6 Å². The normalized spacial score (nSPS) is 12.8. The Kier molecular flexibility index (Phi) is 6.09. The van der Waals surface area contributed by atoms with E-state index in [0.29, 0.717) is 6.42 Å². The molecule has 18 heavy (non-hydrogen) atoms. The molecule has 1 heterocycles. The monoisotopic (exact) mass is 251 g/mol. The Bertz CT molecular complexity index is 337. The van der Waals surface area contributed by atoms with E-state index in [1.54, 1.807) is 0 Å². The first-order valence-corrected chi connectivity index (χ1v) is 6.54. The van der Waals surface area contributed by atoms with E-state index in [1.807, 2.05) is 25.3 Å². The van der Waals surface area contributed by atoms with Gasteiger partial charge in [0.15, 0.2) is 0 Å². The highest BCUT2D eigenvalue weighted by molar-refractivity contribution is 5.43. The Morgan fingerprint density at radius 2 is 1.94 bits per heavy atom. The molecule has 1 atom stereocenters. The molecule has 1 rings (SSSR count). The highest BCUT2D eigenvalue weighted by Crippen LogP contribution is 2.17. The summed E-state index contributed by atoms with van der Waals surface area (Å²) in [6.45, 7) is 4.05. The number of aliphatic hydroxyl groups excluding tert-OH is 1. The molecule has 0 aliphatic heterocycles. The SMILES string of the molecule is CCC(O)c1ccc(N(C)CCCN(C)C)cn1. The Morgan fingerprint density at radius 1 is 1.22 bits per heavy atom. The van der Waals surface area contributed by atoms with Gasteiger partial charge in [-0.2, -0.15) is 0 Å². The van der Waals surface area contributed by atoms with E-state index in [4.69, 9.17) is 0 Å². The van der Waals surface area contributed by atoms with Crippen molar-refractivity contribution in [1.82, 2.24) is 9.88 Å². The fourth-order valence-electron chi connectivity index (χ4n) is 1.78. The van der Waals surface area contributed by atoms with E-state index >= 15 is 0 Å². The predicted octanol–water partition coefficient (Wildman–Crippen LogP) is 1.91.